The lowest BCUT2D eigenvalue weighted by atomic mass is 10.1. The van der Waals surface area contributed by atoms with Crippen LogP contribution in [-0.2, 0) is 13.1 Å². The number of fused-ring (bicyclic) bond motifs is 1. The van der Waals surface area contributed by atoms with Gasteiger partial charge in [0, 0.05) is 13.6 Å². The maximum atomic E-state index is 12.6. The number of para-hydroxylation sites is 2. The molecule has 0 aliphatic carbocycles. The van der Waals surface area contributed by atoms with Crippen molar-refractivity contribution in [3.8, 4) is 5.75 Å². The Morgan fingerprint density at radius 2 is 1.94 bits per heavy atom. The number of aromatic nitrogens is 2. The van der Waals surface area contributed by atoms with Gasteiger partial charge in [-0.3, -0.25) is 4.79 Å². The highest BCUT2D eigenvalue weighted by atomic mass is 16.5. The van der Waals surface area contributed by atoms with Gasteiger partial charge in [0.1, 0.15) is 11.6 Å². The molecule has 1 amide bonds. The number of hydrogen-bond acceptors (Lipinski definition) is 4. The lowest BCUT2D eigenvalue weighted by Gasteiger charge is -2.17. The van der Waals surface area contributed by atoms with Crippen molar-refractivity contribution in [2.24, 2.45) is 0 Å². The monoisotopic (exact) mass is 431 g/mol. The molecule has 0 saturated heterocycles. The second kappa shape index (κ2) is 9.73. The molecule has 6 nitrogen and oxygen atoms in total. The molecule has 4 aromatic rings. The van der Waals surface area contributed by atoms with Crippen LogP contribution in [0.4, 0.5) is 0 Å². The summed E-state index contributed by atoms with van der Waals surface area (Å²) in [6, 6.07) is 17.8. The fourth-order valence-corrected chi connectivity index (χ4v) is 3.78. The third-order valence-electron chi connectivity index (χ3n) is 5.57. The van der Waals surface area contributed by atoms with Crippen LogP contribution in [0, 0.1) is 13.8 Å². The first-order chi connectivity index (χ1) is 15.5. The van der Waals surface area contributed by atoms with E-state index in [9.17, 15) is 4.79 Å². The number of nitrogens with zero attached hydrogens (tertiary/aromatic N) is 3. The summed E-state index contributed by atoms with van der Waals surface area (Å²) in [4.78, 5) is 19.0. The number of hydrogen-bond donors (Lipinski definition) is 0. The fourth-order valence-electron chi connectivity index (χ4n) is 3.78. The number of carbonyl (C=O) groups excluding carboxylic acids is 1. The molecule has 0 radical (unpaired) electrons. The third kappa shape index (κ3) is 4.85. The molecule has 0 atom stereocenters. The van der Waals surface area contributed by atoms with E-state index in [1.54, 1.807) is 24.1 Å². The van der Waals surface area contributed by atoms with Gasteiger partial charge in [-0.1, -0.05) is 24.3 Å². The Morgan fingerprint density at radius 1 is 1.09 bits per heavy atom. The van der Waals surface area contributed by atoms with E-state index in [1.165, 1.54) is 11.8 Å². The molecule has 166 valence electrons. The first-order valence-corrected chi connectivity index (χ1v) is 11.0. The molecule has 0 spiro atoms. The van der Waals surface area contributed by atoms with Crippen LogP contribution in [0.25, 0.3) is 11.0 Å². The van der Waals surface area contributed by atoms with Gasteiger partial charge in [0.15, 0.2) is 5.76 Å². The van der Waals surface area contributed by atoms with Crippen molar-refractivity contribution in [2.45, 2.75) is 39.8 Å². The Bertz CT molecular complexity index is 1190. The van der Waals surface area contributed by atoms with Crippen molar-refractivity contribution in [3.63, 3.8) is 0 Å². The molecule has 2 aromatic carbocycles. The van der Waals surface area contributed by atoms with Gasteiger partial charge in [-0.2, -0.15) is 0 Å². The molecule has 6 heteroatoms. The quantitative estimate of drug-likeness (QED) is 0.334. The number of amides is 1. The van der Waals surface area contributed by atoms with E-state index in [0.717, 1.165) is 47.6 Å². The Kier molecular flexibility index (Phi) is 6.59. The highest BCUT2D eigenvalue weighted by Crippen LogP contribution is 2.21. The molecular formula is C26H29N3O3. The van der Waals surface area contributed by atoms with Gasteiger partial charge in [-0.25, -0.2) is 4.98 Å². The molecule has 2 heterocycles. The number of ether oxygens (including phenoxy) is 1. The van der Waals surface area contributed by atoms with Crippen LogP contribution >= 0.6 is 0 Å². The van der Waals surface area contributed by atoms with Gasteiger partial charge >= 0.3 is 0 Å². The fraction of sp³-hybridized carbons (Fsp3) is 0.308. The first-order valence-electron chi connectivity index (χ1n) is 11.0. The predicted octanol–water partition coefficient (Wildman–Crippen LogP) is 5.38. The lowest BCUT2D eigenvalue weighted by molar-refractivity contribution is 0.0748. The van der Waals surface area contributed by atoms with Crippen LogP contribution in [-0.4, -0.2) is 34.0 Å². The average Bonchev–Trinajstić information content (AvgIpc) is 3.44. The van der Waals surface area contributed by atoms with Gasteiger partial charge in [-0.05, 0) is 68.1 Å². The summed E-state index contributed by atoms with van der Waals surface area (Å²) in [7, 11) is 1.77. The minimum Gasteiger partial charge on any atom is -0.493 e. The number of benzene rings is 2. The maximum Gasteiger partial charge on any atom is 0.289 e. The molecule has 0 aliphatic rings. The number of furan rings is 1. The zero-order valence-corrected chi connectivity index (χ0v) is 18.9. The minimum absolute atomic E-state index is 0.157. The third-order valence-corrected chi connectivity index (χ3v) is 5.57. The number of aryl methyl sites for hydroxylation is 3. The molecule has 4 rings (SSSR count). The SMILES string of the molecule is Cc1ccc(C)c(OCCCCn2c(CN(C)C(=O)c3ccco3)nc3ccccc32)c1. The van der Waals surface area contributed by atoms with E-state index in [2.05, 4.69) is 42.7 Å². The number of imidazole rings is 1. The normalized spacial score (nSPS) is 11.1. The summed E-state index contributed by atoms with van der Waals surface area (Å²) in [5.74, 6) is 2.00. The number of carbonyl (C=O) groups is 1. The van der Waals surface area contributed by atoms with Crippen molar-refractivity contribution >= 4 is 16.9 Å². The summed E-state index contributed by atoms with van der Waals surface area (Å²) < 4.78 is 13.5. The molecule has 32 heavy (non-hydrogen) atoms. The molecule has 0 unspecified atom stereocenters. The van der Waals surface area contributed by atoms with E-state index in [4.69, 9.17) is 14.1 Å². The van der Waals surface area contributed by atoms with E-state index in [0.29, 0.717) is 18.9 Å². The molecular weight excluding hydrogens is 402 g/mol. The molecule has 0 fully saturated rings. The molecule has 0 aliphatic heterocycles. The van der Waals surface area contributed by atoms with Gasteiger partial charge in [-0.15, -0.1) is 0 Å². The van der Waals surface area contributed by atoms with Crippen molar-refractivity contribution in [2.75, 3.05) is 13.7 Å². The highest BCUT2D eigenvalue weighted by molar-refractivity contribution is 5.91. The highest BCUT2D eigenvalue weighted by Gasteiger charge is 2.18. The van der Waals surface area contributed by atoms with Gasteiger partial charge < -0.3 is 18.6 Å². The van der Waals surface area contributed by atoms with Gasteiger partial charge in [0.05, 0.1) is 30.4 Å². The molecule has 0 bridgehead atoms. The van der Waals surface area contributed by atoms with E-state index in [1.807, 2.05) is 18.2 Å². The topological polar surface area (TPSA) is 60.5 Å². The van der Waals surface area contributed by atoms with Gasteiger partial charge in [0.25, 0.3) is 5.91 Å². The standard InChI is InChI=1S/C26H29N3O3/c1-19-12-13-20(2)24(17-19)32-15-7-6-14-29-22-10-5-4-9-21(22)27-25(29)18-28(3)26(30)23-11-8-16-31-23/h4-5,8-13,16-17H,6-7,14-15,18H2,1-3H3. The Labute approximate surface area is 188 Å². The van der Waals surface area contributed by atoms with E-state index < -0.39 is 0 Å². The minimum atomic E-state index is -0.157. The van der Waals surface area contributed by atoms with Crippen molar-refractivity contribution in [1.82, 2.24) is 14.5 Å². The van der Waals surface area contributed by atoms with E-state index in [-0.39, 0.29) is 5.91 Å². The Balaban J connectivity index is 1.41. The van der Waals surface area contributed by atoms with Crippen LogP contribution in [0.15, 0.2) is 65.3 Å². The van der Waals surface area contributed by atoms with Crippen molar-refractivity contribution in [3.05, 3.63) is 83.6 Å². The van der Waals surface area contributed by atoms with Gasteiger partial charge in [0.2, 0.25) is 0 Å². The van der Waals surface area contributed by atoms with Crippen LogP contribution in [0.1, 0.15) is 40.3 Å². The molecule has 2 aromatic heterocycles. The predicted molar refractivity (Wildman–Crippen MR) is 125 cm³/mol. The first kappa shape index (κ1) is 21.7. The summed E-state index contributed by atoms with van der Waals surface area (Å²) in [6.07, 6.45) is 3.39. The van der Waals surface area contributed by atoms with Crippen molar-refractivity contribution in [1.29, 1.82) is 0 Å². The summed E-state index contributed by atoms with van der Waals surface area (Å²) in [5.41, 5.74) is 4.38. The second-order valence-electron chi connectivity index (χ2n) is 8.13. The van der Waals surface area contributed by atoms with Crippen LogP contribution in [0.5, 0.6) is 5.75 Å². The second-order valence-corrected chi connectivity index (χ2v) is 8.13. The maximum absolute atomic E-state index is 12.6. The Morgan fingerprint density at radius 3 is 2.75 bits per heavy atom. The summed E-state index contributed by atoms with van der Waals surface area (Å²) >= 11 is 0. The van der Waals surface area contributed by atoms with Crippen LogP contribution in [0.3, 0.4) is 0 Å². The number of unbranched alkanes of at least 4 members (excludes halogenated alkanes) is 1. The lowest BCUT2D eigenvalue weighted by Crippen LogP contribution is -2.27. The zero-order valence-electron chi connectivity index (χ0n) is 18.9. The van der Waals surface area contributed by atoms with Crippen LogP contribution < -0.4 is 4.74 Å². The van der Waals surface area contributed by atoms with Crippen LogP contribution in [0.2, 0.25) is 0 Å². The van der Waals surface area contributed by atoms with E-state index >= 15 is 0 Å². The smallest absolute Gasteiger partial charge is 0.289 e. The van der Waals surface area contributed by atoms with Crippen molar-refractivity contribution < 1.29 is 13.9 Å². The molecule has 0 N–H and O–H groups in total. The largest absolute Gasteiger partial charge is 0.493 e. The molecule has 0 saturated carbocycles. The zero-order chi connectivity index (χ0) is 22.5. The summed E-state index contributed by atoms with van der Waals surface area (Å²) in [6.45, 7) is 6.04. The Hall–Kier alpha value is -3.54. The average molecular weight is 432 g/mol. The summed E-state index contributed by atoms with van der Waals surface area (Å²) in [5, 5.41) is 0. The number of rotatable bonds is 9.